The number of aromatic hydroxyl groups is 1. The molecule has 0 radical (unpaired) electrons. The SMILES string of the molecule is Cc1ccc(Nc2nc(N)nc(-c3cc(Cl)ccc3O)n2)cc1. The van der Waals surface area contributed by atoms with E-state index in [2.05, 4.69) is 20.3 Å². The van der Waals surface area contributed by atoms with Crippen LogP contribution in [0, 0.1) is 6.92 Å². The Bertz CT molecular complexity index is 852. The molecular formula is C16H14ClN5O. The zero-order valence-corrected chi connectivity index (χ0v) is 13.0. The average molecular weight is 328 g/mol. The molecule has 0 aliphatic heterocycles. The number of aryl methyl sites for hydroxylation is 1. The summed E-state index contributed by atoms with van der Waals surface area (Å²) in [5.41, 5.74) is 8.10. The van der Waals surface area contributed by atoms with Crippen LogP contribution >= 0.6 is 11.6 Å². The van der Waals surface area contributed by atoms with Crippen molar-refractivity contribution in [1.29, 1.82) is 0 Å². The number of rotatable bonds is 3. The lowest BCUT2D eigenvalue weighted by Gasteiger charge is -2.09. The summed E-state index contributed by atoms with van der Waals surface area (Å²) in [6.07, 6.45) is 0. The molecule has 0 saturated heterocycles. The normalized spacial score (nSPS) is 10.5. The van der Waals surface area contributed by atoms with Crippen LogP contribution in [0.2, 0.25) is 5.02 Å². The standard InChI is InChI=1S/C16H14ClN5O/c1-9-2-5-11(6-3-9)19-16-21-14(20-15(18)22-16)12-8-10(17)4-7-13(12)23/h2-8,23H,1H3,(H3,18,19,20,21,22). The number of benzene rings is 2. The smallest absolute Gasteiger partial charge is 0.232 e. The van der Waals surface area contributed by atoms with Gasteiger partial charge in [-0.3, -0.25) is 0 Å². The Hall–Kier alpha value is -2.86. The summed E-state index contributed by atoms with van der Waals surface area (Å²) in [5, 5.41) is 13.5. The van der Waals surface area contributed by atoms with Crippen molar-refractivity contribution in [3.63, 3.8) is 0 Å². The van der Waals surface area contributed by atoms with Gasteiger partial charge in [0.2, 0.25) is 11.9 Å². The Morgan fingerprint density at radius 3 is 2.52 bits per heavy atom. The van der Waals surface area contributed by atoms with Gasteiger partial charge in [0.1, 0.15) is 5.75 Å². The quantitative estimate of drug-likeness (QED) is 0.681. The number of phenolic OH excluding ortho intramolecular Hbond substituents is 1. The van der Waals surface area contributed by atoms with Crippen LogP contribution in [-0.2, 0) is 0 Å². The minimum Gasteiger partial charge on any atom is -0.507 e. The number of anilines is 3. The molecule has 2 aromatic carbocycles. The molecule has 0 spiro atoms. The van der Waals surface area contributed by atoms with Gasteiger partial charge < -0.3 is 16.2 Å². The summed E-state index contributed by atoms with van der Waals surface area (Å²) >= 11 is 5.96. The van der Waals surface area contributed by atoms with E-state index in [1.54, 1.807) is 12.1 Å². The van der Waals surface area contributed by atoms with Gasteiger partial charge in [-0.15, -0.1) is 0 Å². The van der Waals surface area contributed by atoms with Gasteiger partial charge in [0.15, 0.2) is 5.82 Å². The zero-order valence-electron chi connectivity index (χ0n) is 12.3. The number of hydrogen-bond donors (Lipinski definition) is 3. The van der Waals surface area contributed by atoms with Crippen molar-refractivity contribution in [2.24, 2.45) is 0 Å². The van der Waals surface area contributed by atoms with Gasteiger partial charge in [0.05, 0.1) is 5.56 Å². The lowest BCUT2D eigenvalue weighted by Crippen LogP contribution is -2.05. The molecule has 1 aromatic heterocycles. The van der Waals surface area contributed by atoms with E-state index in [-0.39, 0.29) is 23.5 Å². The second kappa shape index (κ2) is 6.10. The Morgan fingerprint density at radius 1 is 1.04 bits per heavy atom. The van der Waals surface area contributed by atoms with Crippen molar-refractivity contribution in [2.45, 2.75) is 6.92 Å². The first kappa shape index (κ1) is 15.1. The number of nitrogens with zero attached hydrogens (tertiary/aromatic N) is 3. The lowest BCUT2D eigenvalue weighted by molar-refractivity contribution is 0.477. The van der Waals surface area contributed by atoms with Crippen molar-refractivity contribution < 1.29 is 5.11 Å². The van der Waals surface area contributed by atoms with Gasteiger partial charge in [0.25, 0.3) is 0 Å². The Labute approximate surface area is 138 Å². The van der Waals surface area contributed by atoms with E-state index in [0.717, 1.165) is 11.3 Å². The van der Waals surface area contributed by atoms with Gasteiger partial charge in [-0.2, -0.15) is 15.0 Å². The molecule has 0 fully saturated rings. The van der Waals surface area contributed by atoms with Gasteiger partial charge in [-0.05, 0) is 37.3 Å². The van der Waals surface area contributed by atoms with Crippen LogP contribution in [0.5, 0.6) is 5.75 Å². The van der Waals surface area contributed by atoms with E-state index in [9.17, 15) is 5.11 Å². The first-order chi connectivity index (χ1) is 11.0. The summed E-state index contributed by atoms with van der Waals surface area (Å²) in [7, 11) is 0. The number of phenols is 1. The molecule has 3 rings (SSSR count). The number of nitrogens with one attached hydrogen (secondary N) is 1. The molecule has 0 atom stereocenters. The highest BCUT2D eigenvalue weighted by atomic mass is 35.5. The van der Waals surface area contributed by atoms with Gasteiger partial charge in [-0.1, -0.05) is 29.3 Å². The fourth-order valence-corrected chi connectivity index (χ4v) is 2.19. The topological polar surface area (TPSA) is 97.0 Å². The molecule has 7 heteroatoms. The van der Waals surface area contributed by atoms with E-state index >= 15 is 0 Å². The highest BCUT2D eigenvalue weighted by Crippen LogP contribution is 2.30. The maximum absolute atomic E-state index is 9.97. The Morgan fingerprint density at radius 2 is 1.78 bits per heavy atom. The third-order valence-electron chi connectivity index (χ3n) is 3.16. The molecule has 3 aromatic rings. The van der Waals surface area contributed by atoms with E-state index in [1.807, 2.05) is 31.2 Å². The lowest BCUT2D eigenvalue weighted by atomic mass is 10.2. The van der Waals surface area contributed by atoms with Crippen LogP contribution in [-0.4, -0.2) is 20.1 Å². The fourth-order valence-electron chi connectivity index (χ4n) is 2.02. The molecule has 116 valence electrons. The number of hydrogen-bond acceptors (Lipinski definition) is 6. The molecule has 23 heavy (non-hydrogen) atoms. The maximum Gasteiger partial charge on any atom is 0.232 e. The van der Waals surface area contributed by atoms with Crippen molar-refractivity contribution >= 4 is 29.2 Å². The van der Waals surface area contributed by atoms with Crippen LogP contribution in [0.15, 0.2) is 42.5 Å². The zero-order chi connectivity index (χ0) is 16.4. The highest BCUT2D eigenvalue weighted by molar-refractivity contribution is 6.30. The number of nitrogens with two attached hydrogens (primary N) is 1. The second-order valence-corrected chi connectivity index (χ2v) is 5.43. The van der Waals surface area contributed by atoms with E-state index in [4.69, 9.17) is 17.3 Å². The third-order valence-corrected chi connectivity index (χ3v) is 3.40. The van der Waals surface area contributed by atoms with E-state index in [0.29, 0.717) is 10.6 Å². The van der Waals surface area contributed by atoms with Gasteiger partial charge in [0, 0.05) is 10.7 Å². The Kier molecular flexibility index (Phi) is 3.99. The van der Waals surface area contributed by atoms with Crippen LogP contribution in [0.4, 0.5) is 17.6 Å². The van der Waals surface area contributed by atoms with Crippen LogP contribution in [0.3, 0.4) is 0 Å². The van der Waals surface area contributed by atoms with Crippen molar-refractivity contribution in [1.82, 2.24) is 15.0 Å². The minimum absolute atomic E-state index is 0.0151. The monoisotopic (exact) mass is 327 g/mol. The summed E-state index contributed by atoms with van der Waals surface area (Å²) in [5.74, 6) is 0.591. The van der Waals surface area contributed by atoms with E-state index < -0.39 is 0 Å². The third kappa shape index (κ3) is 3.49. The highest BCUT2D eigenvalue weighted by Gasteiger charge is 2.12. The number of halogens is 1. The number of nitrogen functional groups attached to an aromatic ring is 1. The molecule has 0 aliphatic rings. The van der Waals surface area contributed by atoms with Crippen molar-refractivity contribution in [3.05, 3.63) is 53.1 Å². The van der Waals surface area contributed by atoms with Crippen molar-refractivity contribution in [3.8, 4) is 17.1 Å². The molecule has 0 aliphatic carbocycles. The summed E-state index contributed by atoms with van der Waals surface area (Å²) in [6, 6.07) is 12.4. The maximum atomic E-state index is 9.97. The first-order valence-electron chi connectivity index (χ1n) is 6.85. The fraction of sp³-hybridized carbons (Fsp3) is 0.0625. The summed E-state index contributed by atoms with van der Waals surface area (Å²) in [4.78, 5) is 12.4. The van der Waals surface area contributed by atoms with Crippen LogP contribution in [0.1, 0.15) is 5.56 Å². The minimum atomic E-state index is 0.0151. The molecular weight excluding hydrogens is 314 g/mol. The van der Waals surface area contributed by atoms with E-state index in [1.165, 1.54) is 6.07 Å². The summed E-state index contributed by atoms with van der Waals surface area (Å²) in [6.45, 7) is 2.00. The number of aromatic nitrogens is 3. The molecule has 0 amide bonds. The van der Waals surface area contributed by atoms with Crippen LogP contribution in [0.25, 0.3) is 11.4 Å². The Balaban J connectivity index is 1.99. The van der Waals surface area contributed by atoms with Gasteiger partial charge >= 0.3 is 0 Å². The summed E-state index contributed by atoms with van der Waals surface area (Å²) < 4.78 is 0. The van der Waals surface area contributed by atoms with Crippen molar-refractivity contribution in [2.75, 3.05) is 11.1 Å². The van der Waals surface area contributed by atoms with Gasteiger partial charge in [-0.25, -0.2) is 0 Å². The molecule has 1 heterocycles. The molecule has 0 bridgehead atoms. The largest absolute Gasteiger partial charge is 0.507 e. The predicted octanol–water partition coefficient (Wildman–Crippen LogP) is 3.53. The second-order valence-electron chi connectivity index (χ2n) is 4.99. The molecule has 0 saturated carbocycles. The van der Waals surface area contributed by atoms with Crippen LogP contribution < -0.4 is 11.1 Å². The average Bonchev–Trinajstić information content (AvgIpc) is 2.51. The molecule has 4 N–H and O–H groups in total. The molecule has 0 unspecified atom stereocenters. The first-order valence-corrected chi connectivity index (χ1v) is 7.23. The predicted molar refractivity (Wildman–Crippen MR) is 90.8 cm³/mol. The molecule has 6 nitrogen and oxygen atoms in total.